The fraction of sp³-hybridized carbons (Fsp3) is 0.0312. The average Bonchev–Trinajstić information content (AvgIpc) is 3.00. The largest absolute Gasteiger partial charge is 0.495 e. The topological polar surface area (TPSA) is 90.6 Å². The van der Waals surface area contributed by atoms with E-state index in [2.05, 4.69) is 4.98 Å². The summed E-state index contributed by atoms with van der Waals surface area (Å²) >= 11 is 13.9. The summed E-state index contributed by atoms with van der Waals surface area (Å²) in [6, 6.07) is 21.9. The highest BCUT2D eigenvalue weighted by Crippen LogP contribution is 2.42. The molecule has 0 radical (unpaired) electrons. The van der Waals surface area contributed by atoms with Gasteiger partial charge in [-0.1, -0.05) is 59.6 Å². The zero-order valence-corrected chi connectivity index (χ0v) is 23.0. The Morgan fingerprint density at radius 2 is 1.49 bits per heavy atom. The molecular formula is C32H19Cl2N3O4. The second-order valence-electron chi connectivity index (χ2n) is 9.18. The average molecular weight is 580 g/mol. The standard InChI is InChI=1S/C32H19Cl2N3O4/c1-41-31-19(16-38)8-10-27-25(31)9-11-26(36-27)24-7-3-6-23(30(24)34)22-5-2-4-21(29(22)33)18-12-13-37-28(14-18)35-15-20(17-39)32(37)40/h2-17H,1H3. The van der Waals surface area contributed by atoms with Crippen LogP contribution in [0.4, 0.5) is 0 Å². The minimum Gasteiger partial charge on any atom is -0.495 e. The Labute approximate surface area is 243 Å². The van der Waals surface area contributed by atoms with Gasteiger partial charge in [0, 0.05) is 40.0 Å². The Bertz CT molecular complexity index is 2090. The van der Waals surface area contributed by atoms with Crippen molar-refractivity contribution < 1.29 is 14.3 Å². The van der Waals surface area contributed by atoms with Gasteiger partial charge in [-0.05, 0) is 42.0 Å². The Balaban J connectivity index is 1.44. The summed E-state index contributed by atoms with van der Waals surface area (Å²) in [4.78, 5) is 44.0. The zero-order chi connectivity index (χ0) is 28.7. The van der Waals surface area contributed by atoms with Crippen LogP contribution < -0.4 is 10.3 Å². The van der Waals surface area contributed by atoms with E-state index in [1.807, 2.05) is 48.5 Å². The molecule has 0 spiro atoms. The van der Waals surface area contributed by atoms with Crippen LogP contribution in [-0.2, 0) is 0 Å². The molecule has 0 bridgehead atoms. The molecule has 6 rings (SSSR count). The Kier molecular flexibility index (Phi) is 6.83. The summed E-state index contributed by atoms with van der Waals surface area (Å²) in [5.74, 6) is 0.470. The molecule has 0 saturated carbocycles. The molecule has 0 aliphatic rings. The highest BCUT2D eigenvalue weighted by molar-refractivity contribution is 6.39. The first-order valence-corrected chi connectivity index (χ1v) is 13.2. The third-order valence-corrected chi connectivity index (χ3v) is 7.74. The summed E-state index contributed by atoms with van der Waals surface area (Å²) in [6.45, 7) is 0. The van der Waals surface area contributed by atoms with Gasteiger partial charge in [0.2, 0.25) is 0 Å². The van der Waals surface area contributed by atoms with Crippen LogP contribution in [0.2, 0.25) is 10.0 Å². The molecule has 200 valence electrons. The summed E-state index contributed by atoms with van der Waals surface area (Å²) < 4.78 is 6.77. The van der Waals surface area contributed by atoms with E-state index in [9.17, 15) is 14.4 Å². The lowest BCUT2D eigenvalue weighted by Crippen LogP contribution is -2.18. The predicted octanol–water partition coefficient (Wildman–Crippen LogP) is 7.18. The number of fused-ring (bicyclic) bond motifs is 2. The van der Waals surface area contributed by atoms with E-state index in [1.54, 1.807) is 30.5 Å². The second-order valence-corrected chi connectivity index (χ2v) is 9.94. The minimum atomic E-state index is -0.440. The molecule has 3 aromatic carbocycles. The van der Waals surface area contributed by atoms with Crippen LogP contribution >= 0.6 is 23.2 Å². The number of carbonyl (C=O) groups is 2. The number of ether oxygens (including phenoxy) is 1. The lowest BCUT2D eigenvalue weighted by molar-refractivity contribution is 0.111. The third kappa shape index (κ3) is 4.45. The van der Waals surface area contributed by atoms with Gasteiger partial charge in [0.05, 0.1) is 39.5 Å². The lowest BCUT2D eigenvalue weighted by Gasteiger charge is -2.15. The number of hydrogen-bond acceptors (Lipinski definition) is 6. The molecule has 41 heavy (non-hydrogen) atoms. The van der Waals surface area contributed by atoms with Gasteiger partial charge in [0.25, 0.3) is 5.56 Å². The summed E-state index contributed by atoms with van der Waals surface area (Å²) in [7, 11) is 1.52. The maximum atomic E-state index is 12.5. The molecule has 3 heterocycles. The molecule has 0 unspecified atom stereocenters. The van der Waals surface area contributed by atoms with Crippen LogP contribution in [0.25, 0.3) is 50.1 Å². The van der Waals surface area contributed by atoms with Crippen LogP contribution in [0.3, 0.4) is 0 Å². The molecule has 0 aliphatic heterocycles. The van der Waals surface area contributed by atoms with Crippen LogP contribution in [0.1, 0.15) is 20.7 Å². The van der Waals surface area contributed by atoms with E-state index in [4.69, 9.17) is 32.9 Å². The predicted molar refractivity (Wildman–Crippen MR) is 160 cm³/mol. The van der Waals surface area contributed by atoms with E-state index in [0.717, 1.165) is 33.9 Å². The number of benzene rings is 3. The molecular weight excluding hydrogens is 561 g/mol. The number of hydrogen-bond donors (Lipinski definition) is 0. The molecule has 0 aliphatic carbocycles. The summed E-state index contributed by atoms with van der Waals surface area (Å²) in [5.41, 5.74) is 5.32. The number of halogens is 2. The van der Waals surface area contributed by atoms with Crippen molar-refractivity contribution in [2.24, 2.45) is 0 Å². The number of carbonyl (C=O) groups excluding carboxylic acids is 2. The van der Waals surface area contributed by atoms with E-state index in [0.29, 0.717) is 50.1 Å². The Morgan fingerprint density at radius 3 is 2.20 bits per heavy atom. The first-order chi connectivity index (χ1) is 19.9. The number of aromatic nitrogens is 3. The van der Waals surface area contributed by atoms with Gasteiger partial charge in [-0.15, -0.1) is 0 Å². The van der Waals surface area contributed by atoms with Crippen LogP contribution in [-0.4, -0.2) is 34.1 Å². The number of nitrogens with zero attached hydrogens (tertiary/aromatic N) is 3. The minimum absolute atomic E-state index is 0.0180. The molecule has 0 N–H and O–H groups in total. The summed E-state index contributed by atoms with van der Waals surface area (Å²) in [6.07, 6.45) is 4.07. The first kappa shape index (κ1) is 26.4. The SMILES string of the molecule is COc1c(C=O)ccc2nc(-c3cccc(-c4cccc(-c5ccn6c(=O)c(C=O)cnc6c5)c4Cl)c3Cl)ccc12. The normalized spacial score (nSPS) is 11.1. The van der Waals surface area contributed by atoms with Crippen molar-refractivity contribution in [1.29, 1.82) is 0 Å². The second kappa shape index (κ2) is 10.6. The van der Waals surface area contributed by atoms with E-state index < -0.39 is 5.56 Å². The van der Waals surface area contributed by atoms with E-state index in [-0.39, 0.29) is 5.56 Å². The summed E-state index contributed by atoms with van der Waals surface area (Å²) in [5, 5.41) is 1.67. The van der Waals surface area contributed by atoms with Crippen molar-refractivity contribution in [2.45, 2.75) is 0 Å². The van der Waals surface area contributed by atoms with Crippen LogP contribution in [0, 0.1) is 0 Å². The van der Waals surface area contributed by atoms with E-state index in [1.165, 1.54) is 17.7 Å². The Morgan fingerprint density at radius 1 is 0.805 bits per heavy atom. The van der Waals surface area contributed by atoms with Crippen LogP contribution in [0.5, 0.6) is 5.75 Å². The molecule has 9 heteroatoms. The van der Waals surface area contributed by atoms with Crippen LogP contribution in [0.15, 0.2) is 90.0 Å². The van der Waals surface area contributed by atoms with Crippen molar-refractivity contribution in [3.05, 3.63) is 117 Å². The third-order valence-electron chi connectivity index (χ3n) is 6.92. The number of rotatable bonds is 6. The van der Waals surface area contributed by atoms with Gasteiger partial charge in [-0.25, -0.2) is 9.97 Å². The number of methoxy groups -OCH3 is 1. The molecule has 0 amide bonds. The highest BCUT2D eigenvalue weighted by atomic mass is 35.5. The Hall–Kier alpha value is -4.85. The molecule has 0 saturated heterocycles. The maximum Gasteiger partial charge on any atom is 0.268 e. The van der Waals surface area contributed by atoms with E-state index >= 15 is 0 Å². The fourth-order valence-electron chi connectivity index (χ4n) is 4.90. The molecule has 3 aromatic heterocycles. The smallest absolute Gasteiger partial charge is 0.268 e. The molecule has 6 aromatic rings. The van der Waals surface area contributed by atoms with Gasteiger partial charge in [-0.2, -0.15) is 0 Å². The number of pyridine rings is 2. The van der Waals surface area contributed by atoms with Gasteiger partial charge in [0.15, 0.2) is 12.6 Å². The lowest BCUT2D eigenvalue weighted by atomic mass is 9.97. The molecule has 0 fully saturated rings. The van der Waals surface area contributed by atoms with Crippen molar-refractivity contribution in [3.8, 4) is 39.3 Å². The maximum absolute atomic E-state index is 12.5. The van der Waals surface area contributed by atoms with Crippen molar-refractivity contribution in [2.75, 3.05) is 7.11 Å². The zero-order valence-electron chi connectivity index (χ0n) is 21.5. The van der Waals surface area contributed by atoms with Gasteiger partial charge < -0.3 is 4.74 Å². The van der Waals surface area contributed by atoms with Crippen molar-refractivity contribution >= 4 is 52.3 Å². The van der Waals surface area contributed by atoms with Gasteiger partial charge in [-0.3, -0.25) is 18.8 Å². The first-order valence-electron chi connectivity index (χ1n) is 12.4. The highest BCUT2D eigenvalue weighted by Gasteiger charge is 2.17. The quantitative estimate of drug-likeness (QED) is 0.194. The number of aldehydes is 2. The van der Waals surface area contributed by atoms with Gasteiger partial charge in [0.1, 0.15) is 11.4 Å². The van der Waals surface area contributed by atoms with Gasteiger partial charge >= 0.3 is 0 Å². The molecule has 0 atom stereocenters. The van der Waals surface area contributed by atoms with Crippen molar-refractivity contribution in [3.63, 3.8) is 0 Å². The fourth-order valence-corrected chi connectivity index (χ4v) is 5.56. The monoisotopic (exact) mass is 579 g/mol. The molecule has 7 nitrogen and oxygen atoms in total. The van der Waals surface area contributed by atoms with Crippen molar-refractivity contribution in [1.82, 2.24) is 14.4 Å².